The van der Waals surface area contributed by atoms with Gasteiger partial charge in [-0.15, -0.1) is 0 Å². The SMILES string of the molecule is CN(C)C(=O)C1CCCN1C(=O)C(N)CCS(C)(=O)=O. The van der Waals surface area contributed by atoms with E-state index in [4.69, 9.17) is 5.73 Å². The molecule has 0 aromatic rings. The Morgan fingerprint density at radius 1 is 1.40 bits per heavy atom. The van der Waals surface area contributed by atoms with E-state index in [-0.39, 0.29) is 24.0 Å². The Kier molecular flexibility index (Phi) is 5.52. The maximum Gasteiger partial charge on any atom is 0.244 e. The van der Waals surface area contributed by atoms with Gasteiger partial charge < -0.3 is 15.5 Å². The fraction of sp³-hybridized carbons (Fsp3) is 0.833. The van der Waals surface area contributed by atoms with Crippen molar-refractivity contribution in [3.63, 3.8) is 0 Å². The van der Waals surface area contributed by atoms with Gasteiger partial charge in [0.25, 0.3) is 0 Å². The predicted octanol–water partition coefficient (Wildman–Crippen LogP) is -1.17. The summed E-state index contributed by atoms with van der Waals surface area (Å²) >= 11 is 0. The van der Waals surface area contributed by atoms with Crippen LogP contribution in [0.4, 0.5) is 0 Å². The minimum atomic E-state index is -3.15. The lowest BCUT2D eigenvalue weighted by Gasteiger charge is -2.28. The third kappa shape index (κ3) is 4.45. The summed E-state index contributed by atoms with van der Waals surface area (Å²) in [6.45, 7) is 0.496. The molecule has 0 bridgehead atoms. The van der Waals surface area contributed by atoms with Crippen molar-refractivity contribution in [2.75, 3.05) is 32.6 Å². The highest BCUT2D eigenvalue weighted by Gasteiger charge is 2.36. The van der Waals surface area contributed by atoms with E-state index in [1.165, 1.54) is 9.80 Å². The highest BCUT2D eigenvalue weighted by Crippen LogP contribution is 2.20. The Morgan fingerprint density at radius 2 is 2.00 bits per heavy atom. The number of hydrogen-bond acceptors (Lipinski definition) is 5. The molecule has 1 aliphatic rings. The third-order valence-electron chi connectivity index (χ3n) is 3.38. The van der Waals surface area contributed by atoms with Crippen molar-refractivity contribution in [3.05, 3.63) is 0 Å². The number of sulfone groups is 1. The molecule has 0 spiro atoms. The second kappa shape index (κ2) is 6.53. The van der Waals surface area contributed by atoms with E-state index < -0.39 is 21.9 Å². The standard InChI is InChI=1S/C12H23N3O4S/c1-14(2)12(17)10-5-4-7-15(10)11(16)9(13)6-8-20(3,18)19/h9-10H,4-8,13H2,1-3H3. The molecule has 0 aliphatic carbocycles. The summed E-state index contributed by atoms with van der Waals surface area (Å²) in [6, 6.07) is -1.35. The van der Waals surface area contributed by atoms with Crippen molar-refractivity contribution >= 4 is 21.7 Å². The highest BCUT2D eigenvalue weighted by molar-refractivity contribution is 7.90. The van der Waals surface area contributed by atoms with Crippen LogP contribution in [0.25, 0.3) is 0 Å². The van der Waals surface area contributed by atoms with Crippen LogP contribution in [0.3, 0.4) is 0 Å². The van der Waals surface area contributed by atoms with Gasteiger partial charge >= 0.3 is 0 Å². The zero-order chi connectivity index (χ0) is 15.5. The molecule has 0 radical (unpaired) electrons. The molecule has 2 unspecified atom stereocenters. The average molecular weight is 305 g/mol. The van der Waals surface area contributed by atoms with Crippen LogP contribution in [0.5, 0.6) is 0 Å². The fourth-order valence-corrected chi connectivity index (χ4v) is 2.94. The molecular formula is C12H23N3O4S. The number of rotatable bonds is 5. The number of amides is 2. The Bertz CT molecular complexity index is 475. The molecule has 0 aromatic heterocycles. The molecule has 2 N–H and O–H groups in total. The van der Waals surface area contributed by atoms with Crippen LogP contribution in [0.1, 0.15) is 19.3 Å². The van der Waals surface area contributed by atoms with E-state index in [1.54, 1.807) is 14.1 Å². The quantitative estimate of drug-likeness (QED) is 0.689. The number of nitrogens with two attached hydrogens (primary N) is 1. The molecular weight excluding hydrogens is 282 g/mol. The minimum Gasteiger partial charge on any atom is -0.347 e. The number of nitrogens with zero attached hydrogens (tertiary/aromatic N) is 2. The number of hydrogen-bond donors (Lipinski definition) is 1. The highest BCUT2D eigenvalue weighted by atomic mass is 32.2. The van der Waals surface area contributed by atoms with Crippen molar-refractivity contribution < 1.29 is 18.0 Å². The maximum absolute atomic E-state index is 12.2. The second-order valence-corrected chi connectivity index (χ2v) is 7.71. The van der Waals surface area contributed by atoms with E-state index in [9.17, 15) is 18.0 Å². The first-order chi connectivity index (χ1) is 9.13. The number of likely N-dealkylation sites (tertiary alicyclic amines) is 1. The summed E-state index contributed by atoms with van der Waals surface area (Å²) in [5, 5.41) is 0. The first-order valence-corrected chi connectivity index (χ1v) is 8.64. The Morgan fingerprint density at radius 3 is 2.50 bits per heavy atom. The van der Waals surface area contributed by atoms with Gasteiger partial charge in [0, 0.05) is 26.9 Å². The van der Waals surface area contributed by atoms with Gasteiger partial charge in [0.05, 0.1) is 11.8 Å². The first kappa shape index (κ1) is 16.9. The lowest BCUT2D eigenvalue weighted by molar-refractivity contribution is -0.143. The van der Waals surface area contributed by atoms with E-state index >= 15 is 0 Å². The number of likely N-dealkylation sites (N-methyl/N-ethyl adjacent to an activating group) is 1. The van der Waals surface area contributed by atoms with Gasteiger partial charge in [0.2, 0.25) is 11.8 Å². The van der Waals surface area contributed by atoms with Crippen LogP contribution in [0.15, 0.2) is 0 Å². The van der Waals surface area contributed by atoms with Crippen molar-refractivity contribution in [3.8, 4) is 0 Å². The monoisotopic (exact) mass is 305 g/mol. The summed E-state index contributed by atoms with van der Waals surface area (Å²) in [7, 11) is 0.146. The Hall–Kier alpha value is -1.15. The Balaban J connectivity index is 2.68. The molecule has 1 aliphatic heterocycles. The fourth-order valence-electron chi connectivity index (χ4n) is 2.26. The molecule has 1 saturated heterocycles. The average Bonchev–Trinajstić information content (AvgIpc) is 2.81. The molecule has 2 amide bonds. The van der Waals surface area contributed by atoms with Crippen molar-refractivity contribution in [1.82, 2.24) is 9.80 Å². The lowest BCUT2D eigenvalue weighted by atomic mass is 10.1. The maximum atomic E-state index is 12.2. The van der Waals surface area contributed by atoms with Crippen LogP contribution in [0.2, 0.25) is 0 Å². The van der Waals surface area contributed by atoms with Gasteiger partial charge in [-0.25, -0.2) is 8.42 Å². The Labute approximate surface area is 120 Å². The van der Waals surface area contributed by atoms with Crippen molar-refractivity contribution in [2.45, 2.75) is 31.3 Å². The molecule has 7 nitrogen and oxygen atoms in total. The number of carbonyl (C=O) groups is 2. The lowest BCUT2D eigenvalue weighted by Crippen LogP contribution is -2.51. The molecule has 2 atom stereocenters. The molecule has 1 fully saturated rings. The van der Waals surface area contributed by atoms with E-state index in [0.717, 1.165) is 12.7 Å². The molecule has 8 heteroatoms. The zero-order valence-electron chi connectivity index (χ0n) is 12.2. The summed E-state index contributed by atoms with van der Waals surface area (Å²) in [4.78, 5) is 27.2. The van der Waals surface area contributed by atoms with E-state index in [2.05, 4.69) is 0 Å². The minimum absolute atomic E-state index is 0.0804. The smallest absolute Gasteiger partial charge is 0.244 e. The van der Waals surface area contributed by atoms with Crippen LogP contribution in [0, 0.1) is 0 Å². The van der Waals surface area contributed by atoms with E-state index in [1.807, 2.05) is 0 Å². The summed E-state index contributed by atoms with van der Waals surface area (Å²) < 4.78 is 22.2. The molecule has 0 saturated carbocycles. The number of carbonyl (C=O) groups excluding carboxylic acids is 2. The normalized spacial score (nSPS) is 20.8. The largest absolute Gasteiger partial charge is 0.347 e. The third-order valence-corrected chi connectivity index (χ3v) is 4.36. The van der Waals surface area contributed by atoms with Crippen molar-refractivity contribution in [2.24, 2.45) is 5.73 Å². The first-order valence-electron chi connectivity index (χ1n) is 6.58. The molecule has 1 heterocycles. The van der Waals surface area contributed by atoms with Gasteiger partial charge in [0.1, 0.15) is 15.9 Å². The van der Waals surface area contributed by atoms with Crippen LogP contribution < -0.4 is 5.73 Å². The summed E-state index contributed by atoms with van der Waals surface area (Å²) in [5.41, 5.74) is 5.76. The topological polar surface area (TPSA) is 101 Å². The van der Waals surface area contributed by atoms with Crippen LogP contribution in [-0.4, -0.2) is 74.8 Å². The van der Waals surface area contributed by atoms with E-state index in [0.29, 0.717) is 13.0 Å². The van der Waals surface area contributed by atoms with Gasteiger partial charge in [0.15, 0.2) is 0 Å². The predicted molar refractivity (Wildman–Crippen MR) is 75.7 cm³/mol. The molecule has 116 valence electrons. The zero-order valence-corrected chi connectivity index (χ0v) is 13.0. The van der Waals surface area contributed by atoms with Crippen LogP contribution >= 0.6 is 0 Å². The molecule has 20 heavy (non-hydrogen) atoms. The van der Waals surface area contributed by atoms with Gasteiger partial charge in [-0.05, 0) is 19.3 Å². The van der Waals surface area contributed by atoms with Crippen LogP contribution in [-0.2, 0) is 19.4 Å². The van der Waals surface area contributed by atoms with Gasteiger partial charge in [-0.1, -0.05) is 0 Å². The molecule has 0 aromatic carbocycles. The van der Waals surface area contributed by atoms with Crippen molar-refractivity contribution in [1.29, 1.82) is 0 Å². The summed E-state index contributed by atoms with van der Waals surface area (Å²) in [6.07, 6.45) is 2.58. The molecule has 1 rings (SSSR count). The second-order valence-electron chi connectivity index (χ2n) is 5.45. The van der Waals surface area contributed by atoms with Gasteiger partial charge in [-0.2, -0.15) is 0 Å². The summed E-state index contributed by atoms with van der Waals surface area (Å²) in [5.74, 6) is -0.586. The van der Waals surface area contributed by atoms with Gasteiger partial charge in [-0.3, -0.25) is 9.59 Å².